The minimum atomic E-state index is -0.676. The van der Waals surface area contributed by atoms with Crippen LogP contribution in [-0.2, 0) is 0 Å². The highest BCUT2D eigenvalue weighted by Crippen LogP contribution is 2.26. The number of hydrogen-bond donors (Lipinski definition) is 1. The van der Waals surface area contributed by atoms with Crippen LogP contribution in [0.1, 0.15) is 23.6 Å². The Hall–Kier alpha value is -0.890. The highest BCUT2D eigenvalue weighted by molar-refractivity contribution is 5.29. The minimum Gasteiger partial charge on any atom is -0.307 e. The van der Waals surface area contributed by atoms with Crippen LogP contribution in [0, 0.1) is 6.92 Å². The van der Waals surface area contributed by atoms with Gasteiger partial charge in [-0.3, -0.25) is 0 Å². The fourth-order valence-electron chi connectivity index (χ4n) is 1.91. The number of benzene rings is 1. The number of halogens is 1. The SMILES string of the molecule is Cc1ccccc1C1CC(F)CN1. The predicted octanol–water partition coefficient (Wildman–Crippen LogP) is 2.37. The van der Waals surface area contributed by atoms with Gasteiger partial charge in [-0.15, -0.1) is 0 Å². The van der Waals surface area contributed by atoms with E-state index in [1.807, 2.05) is 12.1 Å². The minimum absolute atomic E-state index is 0.219. The molecule has 2 rings (SSSR count). The molecule has 70 valence electrons. The summed E-state index contributed by atoms with van der Waals surface area (Å²) in [6, 6.07) is 8.39. The van der Waals surface area contributed by atoms with Crippen molar-refractivity contribution in [1.82, 2.24) is 5.32 Å². The third-order valence-electron chi connectivity index (χ3n) is 2.64. The summed E-state index contributed by atoms with van der Waals surface area (Å²) in [6.45, 7) is 2.57. The lowest BCUT2D eigenvalue weighted by atomic mass is 10.00. The third kappa shape index (κ3) is 1.73. The van der Waals surface area contributed by atoms with Crippen molar-refractivity contribution in [3.63, 3.8) is 0 Å². The molecule has 0 spiro atoms. The van der Waals surface area contributed by atoms with Gasteiger partial charge >= 0.3 is 0 Å². The van der Waals surface area contributed by atoms with Crippen LogP contribution in [0.4, 0.5) is 4.39 Å². The molecule has 1 saturated heterocycles. The monoisotopic (exact) mass is 179 g/mol. The highest BCUT2D eigenvalue weighted by atomic mass is 19.1. The van der Waals surface area contributed by atoms with Gasteiger partial charge in [-0.1, -0.05) is 24.3 Å². The number of hydrogen-bond acceptors (Lipinski definition) is 1. The van der Waals surface area contributed by atoms with Crippen LogP contribution in [-0.4, -0.2) is 12.7 Å². The van der Waals surface area contributed by atoms with Crippen molar-refractivity contribution in [1.29, 1.82) is 0 Å². The fraction of sp³-hybridized carbons (Fsp3) is 0.455. The van der Waals surface area contributed by atoms with Gasteiger partial charge in [0, 0.05) is 12.6 Å². The van der Waals surface area contributed by atoms with Crippen molar-refractivity contribution in [3.05, 3.63) is 35.4 Å². The Balaban J connectivity index is 2.21. The molecule has 1 aromatic carbocycles. The van der Waals surface area contributed by atoms with Crippen LogP contribution in [0.2, 0.25) is 0 Å². The van der Waals surface area contributed by atoms with Gasteiger partial charge < -0.3 is 5.32 Å². The fourth-order valence-corrected chi connectivity index (χ4v) is 1.91. The summed E-state index contributed by atoms with van der Waals surface area (Å²) in [6.07, 6.45) is -0.0604. The molecule has 0 saturated carbocycles. The quantitative estimate of drug-likeness (QED) is 0.698. The van der Waals surface area contributed by atoms with Crippen LogP contribution in [0.3, 0.4) is 0 Å². The maximum absolute atomic E-state index is 12.9. The van der Waals surface area contributed by atoms with Crippen LogP contribution < -0.4 is 5.32 Å². The predicted molar refractivity (Wildman–Crippen MR) is 51.4 cm³/mol. The molecule has 1 aliphatic rings. The van der Waals surface area contributed by atoms with Crippen LogP contribution in [0.5, 0.6) is 0 Å². The smallest absolute Gasteiger partial charge is 0.114 e. The number of nitrogens with one attached hydrogen (secondary N) is 1. The van der Waals surface area contributed by atoms with E-state index >= 15 is 0 Å². The summed E-state index contributed by atoms with van der Waals surface area (Å²) in [7, 11) is 0. The molecule has 1 aliphatic heterocycles. The maximum atomic E-state index is 12.9. The second-order valence-electron chi connectivity index (χ2n) is 3.65. The molecule has 0 bridgehead atoms. The molecule has 1 heterocycles. The molecule has 1 N–H and O–H groups in total. The molecular weight excluding hydrogens is 165 g/mol. The van der Waals surface area contributed by atoms with Gasteiger partial charge in [0.2, 0.25) is 0 Å². The van der Waals surface area contributed by atoms with Crippen molar-refractivity contribution in [2.45, 2.75) is 25.6 Å². The second kappa shape index (κ2) is 3.46. The van der Waals surface area contributed by atoms with Crippen molar-refractivity contribution < 1.29 is 4.39 Å². The van der Waals surface area contributed by atoms with Crippen molar-refractivity contribution in [3.8, 4) is 0 Å². The van der Waals surface area contributed by atoms with Crippen molar-refractivity contribution in [2.24, 2.45) is 0 Å². The number of alkyl halides is 1. The Morgan fingerprint density at radius 1 is 1.38 bits per heavy atom. The lowest BCUT2D eigenvalue weighted by Gasteiger charge is -2.12. The van der Waals surface area contributed by atoms with E-state index in [1.54, 1.807) is 0 Å². The average molecular weight is 179 g/mol. The standard InChI is InChI=1S/C11H14FN/c1-8-4-2-3-5-10(8)11-6-9(12)7-13-11/h2-5,9,11,13H,6-7H2,1H3. The normalized spacial score (nSPS) is 27.8. The van der Waals surface area contributed by atoms with Gasteiger partial charge in [-0.25, -0.2) is 4.39 Å². The second-order valence-corrected chi connectivity index (χ2v) is 3.65. The average Bonchev–Trinajstić information content (AvgIpc) is 2.53. The summed E-state index contributed by atoms with van der Waals surface area (Å²) in [5.41, 5.74) is 2.48. The molecule has 13 heavy (non-hydrogen) atoms. The van der Waals surface area contributed by atoms with Crippen LogP contribution in [0.15, 0.2) is 24.3 Å². The Morgan fingerprint density at radius 2 is 2.15 bits per heavy atom. The molecule has 2 atom stereocenters. The lowest BCUT2D eigenvalue weighted by molar-refractivity contribution is 0.356. The Kier molecular flexibility index (Phi) is 2.32. The number of rotatable bonds is 1. The zero-order chi connectivity index (χ0) is 9.26. The van der Waals surface area contributed by atoms with Crippen molar-refractivity contribution >= 4 is 0 Å². The van der Waals surface area contributed by atoms with Crippen LogP contribution >= 0.6 is 0 Å². The molecule has 0 aliphatic carbocycles. The van der Waals surface area contributed by atoms with E-state index < -0.39 is 6.17 Å². The van der Waals surface area contributed by atoms with E-state index in [4.69, 9.17) is 0 Å². The molecule has 1 aromatic rings. The van der Waals surface area contributed by atoms with E-state index in [-0.39, 0.29) is 6.04 Å². The highest BCUT2D eigenvalue weighted by Gasteiger charge is 2.25. The lowest BCUT2D eigenvalue weighted by Crippen LogP contribution is -2.14. The van der Waals surface area contributed by atoms with Gasteiger partial charge in [0.05, 0.1) is 0 Å². The Morgan fingerprint density at radius 3 is 2.77 bits per heavy atom. The van der Waals surface area contributed by atoms with Gasteiger partial charge in [0.1, 0.15) is 6.17 Å². The zero-order valence-electron chi connectivity index (χ0n) is 7.76. The first-order valence-electron chi connectivity index (χ1n) is 4.70. The molecule has 1 fully saturated rings. The van der Waals surface area contributed by atoms with Gasteiger partial charge in [0.15, 0.2) is 0 Å². The summed E-state index contributed by atoms with van der Waals surface area (Å²) in [4.78, 5) is 0. The molecular formula is C11H14FN. The van der Waals surface area contributed by atoms with E-state index in [9.17, 15) is 4.39 Å². The summed E-state index contributed by atoms with van der Waals surface area (Å²) < 4.78 is 12.9. The first-order chi connectivity index (χ1) is 6.27. The zero-order valence-corrected chi connectivity index (χ0v) is 7.76. The third-order valence-corrected chi connectivity index (χ3v) is 2.64. The molecule has 2 unspecified atom stereocenters. The van der Waals surface area contributed by atoms with E-state index in [2.05, 4.69) is 24.4 Å². The Labute approximate surface area is 78.0 Å². The molecule has 0 radical (unpaired) electrons. The molecule has 2 heteroatoms. The van der Waals surface area contributed by atoms with E-state index in [0.717, 1.165) is 0 Å². The van der Waals surface area contributed by atoms with Crippen molar-refractivity contribution in [2.75, 3.05) is 6.54 Å². The summed E-state index contributed by atoms with van der Waals surface area (Å²) in [5.74, 6) is 0. The summed E-state index contributed by atoms with van der Waals surface area (Å²) in [5, 5.41) is 3.19. The largest absolute Gasteiger partial charge is 0.307 e. The van der Waals surface area contributed by atoms with Gasteiger partial charge in [-0.05, 0) is 24.5 Å². The molecule has 0 amide bonds. The summed E-state index contributed by atoms with van der Waals surface area (Å²) >= 11 is 0. The van der Waals surface area contributed by atoms with E-state index in [0.29, 0.717) is 13.0 Å². The van der Waals surface area contributed by atoms with Gasteiger partial charge in [-0.2, -0.15) is 0 Å². The number of aryl methyl sites for hydroxylation is 1. The first kappa shape index (κ1) is 8.70. The topological polar surface area (TPSA) is 12.0 Å². The molecule has 0 aromatic heterocycles. The van der Waals surface area contributed by atoms with Gasteiger partial charge in [0.25, 0.3) is 0 Å². The van der Waals surface area contributed by atoms with E-state index in [1.165, 1.54) is 11.1 Å². The van der Waals surface area contributed by atoms with Crippen LogP contribution in [0.25, 0.3) is 0 Å². The first-order valence-corrected chi connectivity index (χ1v) is 4.70. The Bertz CT molecular complexity index is 298. The molecule has 1 nitrogen and oxygen atoms in total. The maximum Gasteiger partial charge on any atom is 0.114 e.